The topological polar surface area (TPSA) is 269 Å². The van der Waals surface area contributed by atoms with Crippen LogP contribution in [0.15, 0.2) is 28.9 Å². The van der Waals surface area contributed by atoms with Crippen molar-refractivity contribution in [1.29, 1.82) is 5.41 Å². The second kappa shape index (κ2) is 28.4. The minimum absolute atomic E-state index is 0.0550. The van der Waals surface area contributed by atoms with E-state index >= 15 is 0 Å². The minimum Gasteiger partial charge on any atom is -0.424 e. The third-order valence-corrected chi connectivity index (χ3v) is 7.38. The molecule has 1 aromatic carbocycles. The monoisotopic (exact) mass is 763 g/mol. The van der Waals surface area contributed by atoms with Crippen molar-refractivity contribution < 1.29 is 47.1 Å². The number of ether oxygens (including phenoxy) is 8. The molecular weight excluding hydrogens is 706 g/mol. The average Bonchev–Trinajstić information content (AvgIpc) is 3.55. The van der Waals surface area contributed by atoms with Gasteiger partial charge in [0.2, 0.25) is 5.91 Å². The lowest BCUT2D eigenvalue weighted by Gasteiger charge is -2.13. The van der Waals surface area contributed by atoms with Gasteiger partial charge in [-0.25, -0.2) is 9.97 Å². The van der Waals surface area contributed by atoms with Crippen molar-refractivity contribution in [1.82, 2.24) is 20.3 Å². The summed E-state index contributed by atoms with van der Waals surface area (Å²) in [5.41, 5.74) is 19.3. The summed E-state index contributed by atoms with van der Waals surface area (Å²) in [5.74, 6) is 0.553. The van der Waals surface area contributed by atoms with E-state index in [1.807, 2.05) is 0 Å². The predicted octanol–water partition coefficient (Wildman–Crippen LogP) is 0.988. The zero-order valence-corrected chi connectivity index (χ0v) is 31.0. The fourth-order valence-corrected chi connectivity index (χ4v) is 4.69. The van der Waals surface area contributed by atoms with E-state index in [0.717, 1.165) is 12.8 Å². The van der Waals surface area contributed by atoms with Gasteiger partial charge in [-0.05, 0) is 31.0 Å². The van der Waals surface area contributed by atoms with E-state index in [0.29, 0.717) is 153 Å². The number of anilines is 3. The van der Waals surface area contributed by atoms with Crippen LogP contribution in [-0.4, -0.2) is 152 Å². The first-order valence-electron chi connectivity index (χ1n) is 18.2. The minimum atomic E-state index is -0.0800. The first kappa shape index (κ1) is 44.3. The molecule has 1 amide bonds. The molecule has 0 unspecified atom stereocenters. The molecule has 0 bridgehead atoms. The van der Waals surface area contributed by atoms with E-state index in [1.54, 1.807) is 18.2 Å². The molecule has 0 spiro atoms. The lowest BCUT2D eigenvalue weighted by atomic mass is 10.0. The SMILES string of the molecule is N=C(c1ccc2oc(N)nc2c1)c1c(N)ncnc1NCCCCNC(=O)CCOCCOCCOCCOCCOCCOCCOCCOCCN. The fraction of sp³-hybridized carbons (Fsp3) is 0.629. The van der Waals surface area contributed by atoms with Gasteiger partial charge in [0, 0.05) is 31.6 Å². The quantitative estimate of drug-likeness (QED) is 0.0366. The van der Waals surface area contributed by atoms with Gasteiger partial charge < -0.3 is 70.1 Å². The van der Waals surface area contributed by atoms with Gasteiger partial charge in [0.15, 0.2) is 5.58 Å². The number of nitrogens with zero attached hydrogens (tertiary/aromatic N) is 3. The van der Waals surface area contributed by atoms with Crippen LogP contribution in [0.4, 0.5) is 17.7 Å². The van der Waals surface area contributed by atoms with E-state index in [-0.39, 0.29) is 29.9 Å². The van der Waals surface area contributed by atoms with Crippen molar-refractivity contribution in [2.24, 2.45) is 5.73 Å². The van der Waals surface area contributed by atoms with Crippen LogP contribution >= 0.6 is 0 Å². The van der Waals surface area contributed by atoms with E-state index in [2.05, 4.69) is 25.6 Å². The Hall–Kier alpha value is -4.05. The number of nitrogens with one attached hydrogen (secondary N) is 3. The molecule has 2 heterocycles. The number of unbranched alkanes of at least 4 members (excludes halogenated alkanes) is 1. The van der Waals surface area contributed by atoms with Gasteiger partial charge in [0.05, 0.1) is 117 Å². The van der Waals surface area contributed by atoms with Crippen LogP contribution in [0.3, 0.4) is 0 Å². The number of aromatic nitrogens is 3. The van der Waals surface area contributed by atoms with Gasteiger partial charge in [-0.2, -0.15) is 4.98 Å². The van der Waals surface area contributed by atoms with Gasteiger partial charge in [-0.3, -0.25) is 10.2 Å². The Bertz CT molecular complexity index is 1470. The van der Waals surface area contributed by atoms with Crippen LogP contribution < -0.4 is 27.8 Å². The molecule has 0 aliphatic rings. The molecule has 0 saturated heterocycles. The maximum atomic E-state index is 12.1. The summed E-state index contributed by atoms with van der Waals surface area (Å²) in [6.07, 6.45) is 3.11. The van der Waals surface area contributed by atoms with Crippen LogP contribution in [0.1, 0.15) is 30.4 Å². The lowest BCUT2D eigenvalue weighted by Crippen LogP contribution is -2.26. The summed E-state index contributed by atoms with van der Waals surface area (Å²) in [6.45, 7) is 9.16. The normalized spacial score (nSPS) is 11.4. The van der Waals surface area contributed by atoms with Gasteiger partial charge in [-0.15, -0.1) is 0 Å². The molecule has 2 aromatic heterocycles. The molecule has 3 aromatic rings. The first-order valence-corrected chi connectivity index (χ1v) is 18.2. The van der Waals surface area contributed by atoms with Crippen LogP contribution in [-0.2, 0) is 42.7 Å². The number of oxazole rings is 1. The maximum absolute atomic E-state index is 12.1. The number of benzene rings is 1. The molecule has 0 aliphatic heterocycles. The zero-order valence-electron chi connectivity index (χ0n) is 31.0. The molecule has 0 atom stereocenters. The number of hydrogen-bond donors (Lipinski definition) is 6. The number of hydrogen-bond acceptors (Lipinski definition) is 18. The highest BCUT2D eigenvalue weighted by Crippen LogP contribution is 2.24. The molecule has 0 radical (unpaired) electrons. The van der Waals surface area contributed by atoms with Crippen LogP contribution in [0.25, 0.3) is 11.1 Å². The zero-order chi connectivity index (χ0) is 38.5. The van der Waals surface area contributed by atoms with Gasteiger partial charge in [0.1, 0.15) is 23.5 Å². The lowest BCUT2D eigenvalue weighted by molar-refractivity contribution is -0.122. The molecule has 19 nitrogen and oxygen atoms in total. The number of rotatable bonds is 34. The van der Waals surface area contributed by atoms with Gasteiger partial charge in [-0.1, -0.05) is 0 Å². The molecule has 54 heavy (non-hydrogen) atoms. The summed E-state index contributed by atoms with van der Waals surface area (Å²) in [5, 5.41) is 14.9. The smallest absolute Gasteiger partial charge is 0.292 e. The Morgan fingerprint density at radius 2 is 1.22 bits per heavy atom. The fourth-order valence-electron chi connectivity index (χ4n) is 4.69. The molecule has 19 heteroatoms. The van der Waals surface area contributed by atoms with Crippen LogP contribution in [0.2, 0.25) is 0 Å². The molecule has 302 valence electrons. The highest BCUT2D eigenvalue weighted by Gasteiger charge is 2.17. The Labute approximate surface area is 315 Å². The number of carbonyl (C=O) groups is 1. The highest BCUT2D eigenvalue weighted by atomic mass is 16.6. The van der Waals surface area contributed by atoms with Gasteiger partial charge in [0.25, 0.3) is 6.01 Å². The van der Waals surface area contributed by atoms with Gasteiger partial charge >= 0.3 is 0 Å². The Balaban J connectivity index is 1.06. The van der Waals surface area contributed by atoms with Crippen molar-refractivity contribution in [2.45, 2.75) is 19.3 Å². The predicted molar refractivity (Wildman–Crippen MR) is 202 cm³/mol. The van der Waals surface area contributed by atoms with E-state index in [4.69, 9.17) is 64.9 Å². The molecule has 0 saturated carbocycles. The summed E-state index contributed by atoms with van der Waals surface area (Å²) in [4.78, 5) is 24.6. The molecular formula is C35H57N9O10. The second-order valence-electron chi connectivity index (χ2n) is 11.5. The number of carbonyl (C=O) groups excluding carboxylic acids is 1. The van der Waals surface area contributed by atoms with Crippen molar-refractivity contribution in [3.8, 4) is 0 Å². The maximum Gasteiger partial charge on any atom is 0.292 e. The Kier molecular flexibility index (Phi) is 23.3. The third kappa shape index (κ3) is 18.8. The summed E-state index contributed by atoms with van der Waals surface area (Å²) < 4.78 is 48.7. The van der Waals surface area contributed by atoms with Crippen LogP contribution in [0.5, 0.6) is 0 Å². The second-order valence-corrected chi connectivity index (χ2v) is 11.5. The summed E-state index contributed by atoms with van der Waals surface area (Å²) >= 11 is 0. The number of amides is 1. The summed E-state index contributed by atoms with van der Waals surface area (Å²) in [6, 6.07) is 5.19. The largest absolute Gasteiger partial charge is 0.424 e. The number of fused-ring (bicyclic) bond motifs is 1. The van der Waals surface area contributed by atoms with Crippen molar-refractivity contribution >= 4 is 40.4 Å². The van der Waals surface area contributed by atoms with Crippen LogP contribution in [0, 0.1) is 5.41 Å². The standard InChI is InChI=1S/C35H57N9O10/c36-6-10-47-12-14-49-16-18-51-20-22-53-24-23-52-21-19-50-17-15-48-13-11-46-9-5-30(45)40-7-1-2-8-41-34-31(33(38)42-26-43-34)32(37)27-3-4-29-28(25-27)44-35(39)54-29/h3-4,25-26,37H,1-2,5-24,36H2,(H2,39,44)(H,40,45)(H3,38,41,42,43). The summed E-state index contributed by atoms with van der Waals surface area (Å²) in [7, 11) is 0. The highest BCUT2D eigenvalue weighted by molar-refractivity contribution is 6.17. The number of nitrogen functional groups attached to an aromatic ring is 2. The molecule has 9 N–H and O–H groups in total. The Morgan fingerprint density at radius 1 is 0.704 bits per heavy atom. The van der Waals surface area contributed by atoms with Crippen molar-refractivity contribution in [3.05, 3.63) is 35.7 Å². The van der Waals surface area contributed by atoms with Crippen molar-refractivity contribution in [2.75, 3.05) is 142 Å². The Morgan fingerprint density at radius 3 is 1.78 bits per heavy atom. The number of nitrogens with two attached hydrogens (primary N) is 3. The van der Waals surface area contributed by atoms with E-state index < -0.39 is 0 Å². The van der Waals surface area contributed by atoms with E-state index in [1.165, 1.54) is 6.33 Å². The third-order valence-electron chi connectivity index (χ3n) is 7.38. The molecule has 0 aliphatic carbocycles. The van der Waals surface area contributed by atoms with E-state index in [9.17, 15) is 4.79 Å². The molecule has 3 rings (SSSR count). The first-order chi connectivity index (χ1) is 26.5. The van der Waals surface area contributed by atoms with Crippen molar-refractivity contribution in [3.63, 3.8) is 0 Å². The average molecular weight is 764 g/mol. The molecule has 0 fully saturated rings.